The van der Waals surface area contributed by atoms with E-state index in [0.717, 1.165) is 5.56 Å². The lowest BCUT2D eigenvalue weighted by Crippen LogP contribution is -2.39. The number of imide groups is 1. The third kappa shape index (κ3) is 4.24. The number of carbonyl (C=O) groups is 2. The summed E-state index contributed by atoms with van der Waals surface area (Å²) in [7, 11) is 1.22. The number of carbonyl (C=O) groups excluding carboxylic acids is 2. The first-order chi connectivity index (χ1) is 8.15. The van der Waals surface area contributed by atoms with Gasteiger partial charge in [0, 0.05) is 6.42 Å². The molecule has 1 rings (SSSR count). The zero-order chi connectivity index (χ0) is 12.7. The molecule has 0 aromatic heterocycles. The van der Waals surface area contributed by atoms with Crippen molar-refractivity contribution in [1.82, 2.24) is 5.06 Å². The topological polar surface area (TPSA) is 72.6 Å². The second-order valence-electron chi connectivity index (χ2n) is 3.39. The first-order valence-corrected chi connectivity index (χ1v) is 5.17. The van der Waals surface area contributed by atoms with Crippen molar-refractivity contribution in [2.24, 2.45) is 5.73 Å². The van der Waals surface area contributed by atoms with Crippen LogP contribution < -0.4 is 5.73 Å². The number of nitrogens with zero attached hydrogens (tertiary/aromatic N) is 1. The Morgan fingerprint density at radius 1 is 1.35 bits per heavy atom. The van der Waals surface area contributed by atoms with E-state index in [1.807, 2.05) is 30.3 Å². The lowest BCUT2D eigenvalue weighted by molar-refractivity contribution is -0.159. The number of hydrogen-bond donors (Lipinski definition) is 1. The molecule has 1 aromatic rings. The minimum atomic E-state index is -0.911. The molecule has 0 aliphatic rings. The number of amides is 3. The molecule has 0 saturated carbocycles. The van der Waals surface area contributed by atoms with Crippen molar-refractivity contribution in [3.05, 3.63) is 42.3 Å². The molecule has 0 fully saturated rings. The predicted octanol–water partition coefficient (Wildman–Crippen LogP) is 1.29. The lowest BCUT2D eigenvalue weighted by Gasteiger charge is -2.14. The van der Waals surface area contributed by atoms with E-state index in [-0.39, 0.29) is 6.42 Å². The second-order valence-corrected chi connectivity index (χ2v) is 3.39. The van der Waals surface area contributed by atoms with Gasteiger partial charge in [-0.3, -0.25) is 9.63 Å². The molecule has 0 saturated heterocycles. The molecule has 1 aromatic carbocycles. The maximum absolute atomic E-state index is 11.5. The highest BCUT2D eigenvalue weighted by molar-refractivity contribution is 5.92. The average molecular weight is 235 g/mol. The van der Waals surface area contributed by atoms with Gasteiger partial charge >= 0.3 is 6.03 Å². The van der Waals surface area contributed by atoms with Crippen molar-refractivity contribution >= 4 is 11.9 Å². The first-order valence-electron chi connectivity index (χ1n) is 5.17. The lowest BCUT2D eigenvalue weighted by atomic mass is 10.1. The SMILES string of the molecule is CON(C(N)=O)C(=O)C[CH]Cc1ccccc1. The fraction of sp³-hybridized carbons (Fsp3) is 0.250. The van der Waals surface area contributed by atoms with Gasteiger partial charge in [0.25, 0.3) is 5.91 Å². The molecule has 0 unspecified atom stereocenters. The normalized spacial score (nSPS) is 9.94. The van der Waals surface area contributed by atoms with Crippen molar-refractivity contribution in [2.75, 3.05) is 7.11 Å². The Kier molecular flexibility index (Phi) is 5.16. The van der Waals surface area contributed by atoms with Crippen LogP contribution in [0.3, 0.4) is 0 Å². The molecule has 0 spiro atoms. The Morgan fingerprint density at radius 2 is 2.00 bits per heavy atom. The maximum atomic E-state index is 11.5. The monoisotopic (exact) mass is 235 g/mol. The van der Waals surface area contributed by atoms with Crippen molar-refractivity contribution in [3.8, 4) is 0 Å². The quantitative estimate of drug-likeness (QED) is 0.781. The summed E-state index contributed by atoms with van der Waals surface area (Å²) in [6.07, 6.45) is 2.53. The zero-order valence-corrected chi connectivity index (χ0v) is 9.63. The zero-order valence-electron chi connectivity index (χ0n) is 9.63. The summed E-state index contributed by atoms with van der Waals surface area (Å²) >= 11 is 0. The van der Waals surface area contributed by atoms with E-state index in [1.165, 1.54) is 7.11 Å². The van der Waals surface area contributed by atoms with E-state index in [4.69, 9.17) is 5.73 Å². The fourth-order valence-corrected chi connectivity index (χ4v) is 1.37. The molecule has 0 bridgehead atoms. The third-order valence-electron chi connectivity index (χ3n) is 2.15. The highest BCUT2D eigenvalue weighted by Gasteiger charge is 2.17. The molecule has 0 aliphatic carbocycles. The third-order valence-corrected chi connectivity index (χ3v) is 2.15. The van der Waals surface area contributed by atoms with Crippen molar-refractivity contribution in [2.45, 2.75) is 12.8 Å². The molecule has 0 atom stereocenters. The van der Waals surface area contributed by atoms with Gasteiger partial charge in [-0.1, -0.05) is 30.3 Å². The molecule has 0 aliphatic heterocycles. The van der Waals surface area contributed by atoms with Crippen molar-refractivity contribution < 1.29 is 14.4 Å². The highest BCUT2D eigenvalue weighted by atomic mass is 16.7. The van der Waals surface area contributed by atoms with Gasteiger partial charge in [0.05, 0.1) is 7.11 Å². The second kappa shape index (κ2) is 6.65. The molecule has 1 radical (unpaired) electrons. The minimum absolute atomic E-state index is 0.103. The van der Waals surface area contributed by atoms with Gasteiger partial charge < -0.3 is 5.73 Å². The van der Waals surface area contributed by atoms with Crippen LogP contribution in [0.2, 0.25) is 0 Å². The van der Waals surface area contributed by atoms with Gasteiger partial charge in [0.15, 0.2) is 0 Å². The number of urea groups is 1. The Hall–Kier alpha value is -1.88. The standard InChI is InChI=1S/C12H15N2O3/c1-17-14(12(13)16)11(15)9-5-8-10-6-3-2-4-7-10/h2-7H,8-9H2,1H3,(H2,13,16). The van der Waals surface area contributed by atoms with E-state index >= 15 is 0 Å². The Labute approximate surface area is 100 Å². The van der Waals surface area contributed by atoms with Crippen LogP contribution in [0, 0.1) is 6.42 Å². The average Bonchev–Trinajstić information content (AvgIpc) is 2.30. The van der Waals surface area contributed by atoms with Crippen LogP contribution in [0.1, 0.15) is 12.0 Å². The molecule has 3 amide bonds. The van der Waals surface area contributed by atoms with Gasteiger partial charge in [-0.05, 0) is 18.4 Å². The molecule has 0 heterocycles. The summed E-state index contributed by atoms with van der Waals surface area (Å²) in [5, 5.41) is 0.543. The van der Waals surface area contributed by atoms with Gasteiger partial charge in [-0.15, -0.1) is 5.06 Å². The van der Waals surface area contributed by atoms with E-state index in [9.17, 15) is 9.59 Å². The first kappa shape index (κ1) is 13.2. The summed E-state index contributed by atoms with van der Waals surface area (Å²) in [6, 6.07) is 8.79. The summed E-state index contributed by atoms with van der Waals surface area (Å²) < 4.78 is 0. The molecule has 91 valence electrons. The summed E-state index contributed by atoms with van der Waals surface area (Å²) in [5.41, 5.74) is 6.06. The van der Waals surface area contributed by atoms with E-state index in [1.54, 1.807) is 6.42 Å². The molecule has 17 heavy (non-hydrogen) atoms. The number of primary amides is 1. The van der Waals surface area contributed by atoms with Crippen LogP contribution in [0.25, 0.3) is 0 Å². The van der Waals surface area contributed by atoms with Gasteiger partial charge in [-0.25, -0.2) is 4.79 Å². The number of nitrogens with two attached hydrogens (primary N) is 1. The molecule has 5 nitrogen and oxygen atoms in total. The van der Waals surface area contributed by atoms with E-state index < -0.39 is 11.9 Å². The molecule has 2 N–H and O–H groups in total. The fourth-order valence-electron chi connectivity index (χ4n) is 1.37. The van der Waals surface area contributed by atoms with Crippen LogP contribution in [-0.4, -0.2) is 24.1 Å². The largest absolute Gasteiger partial charge is 0.349 e. The number of benzene rings is 1. The van der Waals surface area contributed by atoms with Crippen LogP contribution in [0.15, 0.2) is 30.3 Å². The molecular formula is C12H15N2O3. The minimum Gasteiger partial charge on any atom is -0.349 e. The smallest absolute Gasteiger partial charge is 0.346 e. The van der Waals surface area contributed by atoms with Crippen LogP contribution in [0.5, 0.6) is 0 Å². The van der Waals surface area contributed by atoms with Gasteiger partial charge in [-0.2, -0.15) is 0 Å². The Bertz CT molecular complexity index is 379. The number of hydroxylamine groups is 2. The Morgan fingerprint density at radius 3 is 2.53 bits per heavy atom. The molecule has 5 heteroatoms. The summed E-state index contributed by atoms with van der Waals surface area (Å²) in [5.74, 6) is -0.476. The van der Waals surface area contributed by atoms with Crippen molar-refractivity contribution in [3.63, 3.8) is 0 Å². The number of rotatable bonds is 5. The van der Waals surface area contributed by atoms with E-state index in [0.29, 0.717) is 11.5 Å². The van der Waals surface area contributed by atoms with Crippen molar-refractivity contribution in [1.29, 1.82) is 0 Å². The molecular weight excluding hydrogens is 220 g/mol. The van der Waals surface area contributed by atoms with Crippen LogP contribution in [0.4, 0.5) is 4.79 Å². The van der Waals surface area contributed by atoms with Gasteiger partial charge in [0.1, 0.15) is 0 Å². The number of hydrogen-bond acceptors (Lipinski definition) is 3. The maximum Gasteiger partial charge on any atom is 0.346 e. The Balaban J connectivity index is 2.36. The van der Waals surface area contributed by atoms with E-state index in [2.05, 4.69) is 4.84 Å². The highest BCUT2D eigenvalue weighted by Crippen LogP contribution is 2.05. The predicted molar refractivity (Wildman–Crippen MR) is 62.5 cm³/mol. The summed E-state index contributed by atoms with van der Waals surface area (Å²) in [6.45, 7) is 0. The van der Waals surface area contributed by atoms with Gasteiger partial charge in [0.2, 0.25) is 0 Å². The van der Waals surface area contributed by atoms with Crippen LogP contribution >= 0.6 is 0 Å². The summed E-state index contributed by atoms with van der Waals surface area (Å²) in [4.78, 5) is 26.8. The van der Waals surface area contributed by atoms with Crippen LogP contribution in [-0.2, 0) is 16.1 Å².